The first-order chi connectivity index (χ1) is 10.2. The summed E-state index contributed by atoms with van der Waals surface area (Å²) < 4.78 is 10.5. The van der Waals surface area contributed by atoms with Gasteiger partial charge < -0.3 is 19.9 Å². The summed E-state index contributed by atoms with van der Waals surface area (Å²) in [4.78, 5) is 1.25. The molecule has 0 aliphatic carbocycles. The molecule has 0 saturated carbocycles. The van der Waals surface area contributed by atoms with E-state index in [4.69, 9.17) is 9.47 Å². The third-order valence-corrected chi connectivity index (χ3v) is 4.44. The Labute approximate surface area is 129 Å². The Morgan fingerprint density at radius 2 is 2.05 bits per heavy atom. The highest BCUT2D eigenvalue weighted by Crippen LogP contribution is 2.29. The van der Waals surface area contributed by atoms with Crippen molar-refractivity contribution in [2.75, 3.05) is 20.8 Å². The molecule has 0 spiro atoms. The van der Waals surface area contributed by atoms with Gasteiger partial charge in [0, 0.05) is 23.0 Å². The van der Waals surface area contributed by atoms with Crippen LogP contribution in [0.15, 0.2) is 35.7 Å². The van der Waals surface area contributed by atoms with Crippen LogP contribution in [0.5, 0.6) is 11.5 Å². The zero-order valence-corrected chi connectivity index (χ0v) is 13.3. The summed E-state index contributed by atoms with van der Waals surface area (Å²) in [5.74, 6) is 1.37. The predicted octanol–water partition coefficient (Wildman–Crippen LogP) is 3.15. The van der Waals surface area contributed by atoms with Gasteiger partial charge in [-0.15, -0.1) is 11.3 Å². The first-order valence-electron chi connectivity index (χ1n) is 6.82. The second-order valence-electron chi connectivity index (χ2n) is 4.77. The van der Waals surface area contributed by atoms with Gasteiger partial charge in [-0.3, -0.25) is 0 Å². The quantitative estimate of drug-likeness (QED) is 0.825. The van der Waals surface area contributed by atoms with Gasteiger partial charge in [-0.05, 0) is 36.6 Å². The van der Waals surface area contributed by atoms with Crippen LogP contribution in [0.4, 0.5) is 0 Å². The standard InChI is InChI=1S/C16H21NO3S/c1-11(16-5-4-8-21-16)17-10-14(18)13-9-12(19-2)6-7-15(13)20-3/h4-9,11,14,17-18H,10H2,1-3H3/t11-,14?/m0/s1. The molecule has 2 atom stereocenters. The predicted molar refractivity (Wildman–Crippen MR) is 85.2 cm³/mol. The number of ether oxygens (including phenoxy) is 2. The zero-order chi connectivity index (χ0) is 15.2. The van der Waals surface area contributed by atoms with Crippen molar-refractivity contribution in [3.05, 3.63) is 46.2 Å². The topological polar surface area (TPSA) is 50.7 Å². The number of nitrogens with one attached hydrogen (secondary N) is 1. The molecule has 0 radical (unpaired) electrons. The van der Waals surface area contributed by atoms with Crippen molar-refractivity contribution >= 4 is 11.3 Å². The van der Waals surface area contributed by atoms with Gasteiger partial charge in [-0.25, -0.2) is 0 Å². The molecule has 4 nitrogen and oxygen atoms in total. The van der Waals surface area contributed by atoms with E-state index in [1.165, 1.54) is 4.88 Å². The Bertz CT molecular complexity index is 557. The zero-order valence-electron chi connectivity index (χ0n) is 12.5. The van der Waals surface area contributed by atoms with Crippen molar-refractivity contribution in [2.24, 2.45) is 0 Å². The molecule has 1 aromatic heterocycles. The van der Waals surface area contributed by atoms with Gasteiger partial charge in [0.2, 0.25) is 0 Å². The van der Waals surface area contributed by atoms with Crippen LogP contribution in [-0.4, -0.2) is 25.9 Å². The van der Waals surface area contributed by atoms with E-state index < -0.39 is 6.10 Å². The molecule has 1 heterocycles. The Hall–Kier alpha value is -1.56. The molecule has 0 aliphatic heterocycles. The van der Waals surface area contributed by atoms with Crippen LogP contribution in [0.1, 0.15) is 29.5 Å². The lowest BCUT2D eigenvalue weighted by atomic mass is 10.1. The molecule has 2 rings (SSSR count). The molecule has 0 bridgehead atoms. The first kappa shape index (κ1) is 15.8. The lowest BCUT2D eigenvalue weighted by Crippen LogP contribution is -2.24. The number of aliphatic hydroxyl groups is 1. The van der Waals surface area contributed by atoms with Crippen molar-refractivity contribution in [1.29, 1.82) is 0 Å². The molecule has 1 aromatic carbocycles. The maximum absolute atomic E-state index is 10.4. The number of thiophene rings is 1. The van der Waals surface area contributed by atoms with E-state index in [0.29, 0.717) is 18.0 Å². The summed E-state index contributed by atoms with van der Waals surface area (Å²) >= 11 is 1.70. The highest BCUT2D eigenvalue weighted by atomic mass is 32.1. The van der Waals surface area contributed by atoms with Crippen LogP contribution in [0.25, 0.3) is 0 Å². The van der Waals surface area contributed by atoms with Crippen molar-refractivity contribution in [3.8, 4) is 11.5 Å². The minimum Gasteiger partial charge on any atom is -0.497 e. The molecule has 2 N–H and O–H groups in total. The normalized spacial score (nSPS) is 13.7. The fourth-order valence-electron chi connectivity index (χ4n) is 2.14. The molecular weight excluding hydrogens is 286 g/mol. The third kappa shape index (κ3) is 3.97. The average Bonchev–Trinajstić information content (AvgIpc) is 3.06. The van der Waals surface area contributed by atoms with Crippen LogP contribution >= 0.6 is 11.3 Å². The number of aliphatic hydroxyl groups excluding tert-OH is 1. The minimum atomic E-state index is -0.655. The van der Waals surface area contributed by atoms with E-state index in [-0.39, 0.29) is 6.04 Å². The van der Waals surface area contributed by atoms with Gasteiger partial charge in [-0.1, -0.05) is 6.07 Å². The van der Waals surface area contributed by atoms with E-state index in [9.17, 15) is 5.11 Å². The largest absolute Gasteiger partial charge is 0.497 e. The molecule has 0 amide bonds. The van der Waals surface area contributed by atoms with Crippen LogP contribution in [-0.2, 0) is 0 Å². The third-order valence-electron chi connectivity index (χ3n) is 3.38. The summed E-state index contributed by atoms with van der Waals surface area (Å²) in [7, 11) is 3.20. The molecule has 114 valence electrons. The van der Waals surface area contributed by atoms with Crippen molar-refractivity contribution in [3.63, 3.8) is 0 Å². The van der Waals surface area contributed by atoms with Gasteiger partial charge >= 0.3 is 0 Å². The van der Waals surface area contributed by atoms with Crippen molar-refractivity contribution in [2.45, 2.75) is 19.1 Å². The van der Waals surface area contributed by atoms with Gasteiger partial charge in [-0.2, -0.15) is 0 Å². The summed E-state index contributed by atoms with van der Waals surface area (Å²) in [5, 5.41) is 15.8. The van der Waals surface area contributed by atoms with E-state index in [1.807, 2.05) is 12.1 Å². The summed E-state index contributed by atoms with van der Waals surface area (Å²) in [6, 6.07) is 9.74. The second kappa shape index (κ2) is 7.45. The van der Waals surface area contributed by atoms with Gasteiger partial charge in [0.1, 0.15) is 11.5 Å². The smallest absolute Gasteiger partial charge is 0.124 e. The Morgan fingerprint density at radius 3 is 2.67 bits per heavy atom. The fraction of sp³-hybridized carbons (Fsp3) is 0.375. The maximum Gasteiger partial charge on any atom is 0.124 e. The molecule has 0 aliphatic rings. The van der Waals surface area contributed by atoms with Crippen molar-refractivity contribution in [1.82, 2.24) is 5.32 Å². The monoisotopic (exact) mass is 307 g/mol. The maximum atomic E-state index is 10.4. The summed E-state index contributed by atoms with van der Waals surface area (Å²) in [5.41, 5.74) is 0.725. The number of methoxy groups -OCH3 is 2. The SMILES string of the molecule is COc1ccc(OC)c(C(O)CN[C@@H](C)c2cccs2)c1. The van der Waals surface area contributed by atoms with Crippen molar-refractivity contribution < 1.29 is 14.6 Å². The van der Waals surface area contributed by atoms with Gasteiger partial charge in [0.05, 0.1) is 20.3 Å². The van der Waals surface area contributed by atoms with E-state index in [0.717, 1.165) is 5.56 Å². The van der Waals surface area contributed by atoms with E-state index in [2.05, 4.69) is 23.7 Å². The number of rotatable bonds is 7. The highest BCUT2D eigenvalue weighted by Gasteiger charge is 2.16. The van der Waals surface area contributed by atoms with Crippen LogP contribution in [0.3, 0.4) is 0 Å². The number of hydrogen-bond donors (Lipinski definition) is 2. The molecule has 0 fully saturated rings. The molecular formula is C16H21NO3S. The summed E-state index contributed by atoms with van der Waals surface area (Å²) in [6.07, 6.45) is -0.655. The Morgan fingerprint density at radius 1 is 1.24 bits per heavy atom. The highest BCUT2D eigenvalue weighted by molar-refractivity contribution is 7.10. The molecule has 21 heavy (non-hydrogen) atoms. The molecule has 5 heteroatoms. The molecule has 0 saturated heterocycles. The van der Waals surface area contributed by atoms with Crippen LogP contribution in [0, 0.1) is 0 Å². The first-order valence-corrected chi connectivity index (χ1v) is 7.70. The molecule has 2 aromatic rings. The van der Waals surface area contributed by atoms with Gasteiger partial charge in [0.25, 0.3) is 0 Å². The number of hydrogen-bond acceptors (Lipinski definition) is 5. The Kier molecular flexibility index (Phi) is 5.61. The lowest BCUT2D eigenvalue weighted by molar-refractivity contribution is 0.166. The molecule has 1 unspecified atom stereocenters. The average molecular weight is 307 g/mol. The lowest BCUT2D eigenvalue weighted by Gasteiger charge is -2.19. The second-order valence-corrected chi connectivity index (χ2v) is 5.75. The van der Waals surface area contributed by atoms with E-state index in [1.54, 1.807) is 37.7 Å². The fourth-order valence-corrected chi connectivity index (χ4v) is 2.90. The Balaban J connectivity index is 2.04. The van der Waals surface area contributed by atoms with Gasteiger partial charge in [0.15, 0.2) is 0 Å². The van der Waals surface area contributed by atoms with E-state index >= 15 is 0 Å². The van der Waals surface area contributed by atoms with Crippen LogP contribution < -0.4 is 14.8 Å². The number of benzene rings is 1. The minimum absolute atomic E-state index is 0.205. The summed E-state index contributed by atoms with van der Waals surface area (Å²) in [6.45, 7) is 2.53. The van der Waals surface area contributed by atoms with Crippen LogP contribution in [0.2, 0.25) is 0 Å².